The van der Waals surface area contributed by atoms with Crippen LogP contribution in [0.4, 0.5) is 0 Å². The van der Waals surface area contributed by atoms with Crippen molar-refractivity contribution in [3.63, 3.8) is 0 Å². The fraction of sp³-hybridized carbons (Fsp3) is 0.111. The molecular weight excluding hydrogens is 312 g/mol. The maximum atomic E-state index is 12.2. The van der Waals surface area contributed by atoms with Gasteiger partial charge in [0.2, 0.25) is 0 Å². The molecule has 116 valence electrons. The van der Waals surface area contributed by atoms with E-state index >= 15 is 0 Å². The minimum absolute atomic E-state index is 0.315. The SMILES string of the molecule is CCOC(=O)c1cn(-c2ccccc2)nc1-c1ccc(Cl)cc1. The highest BCUT2D eigenvalue weighted by Gasteiger charge is 2.19. The van der Waals surface area contributed by atoms with E-state index in [-0.39, 0.29) is 5.97 Å². The standard InChI is InChI=1S/C18H15ClN2O2/c1-2-23-18(22)16-12-21(15-6-4-3-5-7-15)20-17(16)13-8-10-14(19)11-9-13/h3-12H,2H2,1H3. The molecule has 0 fully saturated rings. The molecule has 3 rings (SSSR count). The second kappa shape index (κ2) is 6.67. The van der Waals surface area contributed by atoms with Gasteiger partial charge in [-0.2, -0.15) is 5.10 Å². The summed E-state index contributed by atoms with van der Waals surface area (Å²) in [5.41, 5.74) is 2.69. The number of carbonyl (C=O) groups is 1. The predicted molar refractivity (Wildman–Crippen MR) is 90.0 cm³/mol. The number of hydrogen-bond acceptors (Lipinski definition) is 3. The van der Waals surface area contributed by atoms with Crippen molar-refractivity contribution in [2.45, 2.75) is 6.92 Å². The normalized spacial score (nSPS) is 10.5. The third-order valence-corrected chi connectivity index (χ3v) is 3.60. The van der Waals surface area contributed by atoms with Crippen LogP contribution in [0.1, 0.15) is 17.3 Å². The molecule has 1 aromatic heterocycles. The number of carbonyl (C=O) groups excluding carboxylic acids is 1. The average Bonchev–Trinajstić information content (AvgIpc) is 3.02. The maximum Gasteiger partial charge on any atom is 0.342 e. The van der Waals surface area contributed by atoms with Crippen LogP contribution in [0.15, 0.2) is 60.8 Å². The summed E-state index contributed by atoms with van der Waals surface area (Å²) < 4.78 is 6.82. The maximum absolute atomic E-state index is 12.2. The van der Waals surface area contributed by atoms with Crippen molar-refractivity contribution < 1.29 is 9.53 Å². The third-order valence-electron chi connectivity index (χ3n) is 3.35. The predicted octanol–water partition coefficient (Wildman–Crippen LogP) is 4.37. The molecule has 23 heavy (non-hydrogen) atoms. The first-order valence-corrected chi connectivity index (χ1v) is 7.65. The summed E-state index contributed by atoms with van der Waals surface area (Å²) in [6.45, 7) is 2.09. The summed E-state index contributed by atoms with van der Waals surface area (Å²) in [6, 6.07) is 16.8. The largest absolute Gasteiger partial charge is 0.462 e. The van der Waals surface area contributed by atoms with Crippen LogP contribution in [0.25, 0.3) is 16.9 Å². The topological polar surface area (TPSA) is 44.1 Å². The Morgan fingerprint density at radius 2 is 1.83 bits per heavy atom. The highest BCUT2D eigenvalue weighted by atomic mass is 35.5. The Hall–Kier alpha value is -2.59. The number of halogens is 1. The van der Waals surface area contributed by atoms with E-state index in [1.165, 1.54) is 0 Å². The molecule has 3 aromatic rings. The lowest BCUT2D eigenvalue weighted by atomic mass is 10.1. The molecule has 0 unspecified atom stereocenters. The number of rotatable bonds is 4. The molecule has 0 radical (unpaired) electrons. The van der Waals surface area contributed by atoms with Crippen LogP contribution in [-0.4, -0.2) is 22.4 Å². The molecule has 0 amide bonds. The van der Waals surface area contributed by atoms with Crippen molar-refractivity contribution >= 4 is 17.6 Å². The van der Waals surface area contributed by atoms with Gasteiger partial charge in [-0.25, -0.2) is 9.48 Å². The first-order chi connectivity index (χ1) is 11.2. The van der Waals surface area contributed by atoms with Crippen molar-refractivity contribution in [1.29, 1.82) is 0 Å². The number of para-hydroxylation sites is 1. The van der Waals surface area contributed by atoms with Crippen LogP contribution in [-0.2, 0) is 4.74 Å². The van der Waals surface area contributed by atoms with Crippen LogP contribution < -0.4 is 0 Å². The molecule has 0 spiro atoms. The summed E-state index contributed by atoms with van der Waals surface area (Å²) in [5, 5.41) is 5.19. The highest BCUT2D eigenvalue weighted by molar-refractivity contribution is 6.30. The van der Waals surface area contributed by atoms with Crippen molar-refractivity contribution in [2.24, 2.45) is 0 Å². The van der Waals surface area contributed by atoms with Crippen molar-refractivity contribution in [1.82, 2.24) is 9.78 Å². The van der Waals surface area contributed by atoms with Gasteiger partial charge in [0, 0.05) is 16.8 Å². The lowest BCUT2D eigenvalue weighted by Crippen LogP contribution is -2.04. The number of esters is 1. The van der Waals surface area contributed by atoms with Crippen molar-refractivity contribution in [3.05, 3.63) is 71.4 Å². The minimum Gasteiger partial charge on any atom is -0.462 e. The fourth-order valence-electron chi connectivity index (χ4n) is 2.27. The van der Waals surface area contributed by atoms with Crippen molar-refractivity contribution in [3.8, 4) is 16.9 Å². The summed E-state index contributed by atoms with van der Waals surface area (Å²) in [7, 11) is 0. The quantitative estimate of drug-likeness (QED) is 0.669. The van der Waals surface area contributed by atoms with E-state index in [0.29, 0.717) is 22.9 Å². The van der Waals surface area contributed by atoms with E-state index in [2.05, 4.69) is 5.10 Å². The molecular formula is C18H15ClN2O2. The molecule has 2 aromatic carbocycles. The molecule has 5 heteroatoms. The Kier molecular flexibility index (Phi) is 4.44. The highest BCUT2D eigenvalue weighted by Crippen LogP contribution is 2.25. The molecule has 0 saturated heterocycles. The number of nitrogens with zero attached hydrogens (tertiary/aromatic N) is 2. The zero-order valence-corrected chi connectivity index (χ0v) is 13.3. The number of aromatic nitrogens is 2. The average molecular weight is 327 g/mol. The first-order valence-electron chi connectivity index (χ1n) is 7.27. The van der Waals surface area contributed by atoms with Crippen LogP contribution in [0.5, 0.6) is 0 Å². The van der Waals surface area contributed by atoms with E-state index in [9.17, 15) is 4.79 Å². The van der Waals surface area contributed by atoms with Gasteiger partial charge < -0.3 is 4.74 Å². The molecule has 0 aliphatic rings. The van der Waals surface area contributed by atoms with Gasteiger partial charge in [-0.15, -0.1) is 0 Å². The van der Waals surface area contributed by atoms with Crippen molar-refractivity contribution in [2.75, 3.05) is 6.61 Å². The molecule has 0 atom stereocenters. The smallest absolute Gasteiger partial charge is 0.342 e. The Morgan fingerprint density at radius 3 is 2.48 bits per heavy atom. The molecule has 0 aliphatic carbocycles. The summed E-state index contributed by atoms with van der Waals surface area (Å²) >= 11 is 5.94. The molecule has 4 nitrogen and oxygen atoms in total. The fourth-order valence-corrected chi connectivity index (χ4v) is 2.39. The van der Waals surface area contributed by atoms with Crippen LogP contribution >= 0.6 is 11.6 Å². The van der Waals surface area contributed by atoms with Gasteiger partial charge in [0.1, 0.15) is 11.3 Å². The first kappa shape index (κ1) is 15.3. The Morgan fingerprint density at radius 1 is 1.13 bits per heavy atom. The number of ether oxygens (including phenoxy) is 1. The summed E-state index contributed by atoms with van der Waals surface area (Å²) in [6.07, 6.45) is 1.69. The van der Waals surface area contributed by atoms with Gasteiger partial charge in [0.05, 0.1) is 12.3 Å². The molecule has 0 N–H and O–H groups in total. The van der Waals surface area contributed by atoms with Gasteiger partial charge in [-0.05, 0) is 31.2 Å². The van der Waals surface area contributed by atoms with E-state index in [4.69, 9.17) is 16.3 Å². The van der Waals surface area contributed by atoms with E-state index in [1.54, 1.807) is 29.9 Å². The van der Waals surface area contributed by atoms with E-state index < -0.39 is 0 Å². The van der Waals surface area contributed by atoms with Gasteiger partial charge in [-0.1, -0.05) is 41.9 Å². The molecule has 0 bridgehead atoms. The lowest BCUT2D eigenvalue weighted by Gasteiger charge is -2.02. The lowest BCUT2D eigenvalue weighted by molar-refractivity contribution is 0.0527. The zero-order chi connectivity index (χ0) is 16.2. The third kappa shape index (κ3) is 3.27. The Bertz CT molecular complexity index is 811. The van der Waals surface area contributed by atoms with Crippen LogP contribution in [0, 0.1) is 0 Å². The van der Waals surface area contributed by atoms with Crippen LogP contribution in [0.2, 0.25) is 5.02 Å². The number of hydrogen-bond donors (Lipinski definition) is 0. The van der Waals surface area contributed by atoms with E-state index in [0.717, 1.165) is 11.3 Å². The second-order valence-electron chi connectivity index (χ2n) is 4.90. The van der Waals surface area contributed by atoms with Crippen LogP contribution in [0.3, 0.4) is 0 Å². The van der Waals surface area contributed by atoms with E-state index in [1.807, 2.05) is 42.5 Å². The second-order valence-corrected chi connectivity index (χ2v) is 5.34. The summed E-state index contributed by atoms with van der Waals surface area (Å²) in [4.78, 5) is 12.2. The minimum atomic E-state index is -0.389. The number of benzene rings is 2. The van der Waals surface area contributed by atoms with Gasteiger partial charge in [0.15, 0.2) is 0 Å². The molecule has 0 saturated carbocycles. The molecule has 1 heterocycles. The Labute approximate surface area is 139 Å². The van der Waals surface area contributed by atoms with Gasteiger partial charge in [0.25, 0.3) is 0 Å². The van der Waals surface area contributed by atoms with Gasteiger partial charge >= 0.3 is 5.97 Å². The van der Waals surface area contributed by atoms with Gasteiger partial charge in [-0.3, -0.25) is 0 Å². The Balaban J connectivity index is 2.10. The zero-order valence-electron chi connectivity index (χ0n) is 12.6. The summed E-state index contributed by atoms with van der Waals surface area (Å²) in [5.74, 6) is -0.389. The monoisotopic (exact) mass is 326 g/mol. The molecule has 0 aliphatic heterocycles.